The van der Waals surface area contributed by atoms with Crippen molar-refractivity contribution in [3.63, 3.8) is 0 Å². The van der Waals surface area contributed by atoms with Gasteiger partial charge < -0.3 is 4.90 Å². The average Bonchev–Trinajstić information content (AvgIpc) is 3.01. The van der Waals surface area contributed by atoms with Crippen LogP contribution in [0.15, 0.2) is 12.4 Å². The third-order valence-electron chi connectivity index (χ3n) is 4.86. The first kappa shape index (κ1) is 14.1. The number of hydrogen-bond acceptors (Lipinski definition) is 3. The quantitative estimate of drug-likeness (QED) is 0.865. The highest BCUT2D eigenvalue weighted by Crippen LogP contribution is 2.40. The molecule has 21 heavy (non-hydrogen) atoms. The third kappa shape index (κ3) is 2.32. The number of aromatic nitrogens is 2. The third-order valence-corrected chi connectivity index (χ3v) is 4.86. The molecule has 6 nitrogen and oxygen atoms in total. The van der Waals surface area contributed by atoms with Gasteiger partial charge in [-0.3, -0.25) is 14.8 Å². The molecule has 0 radical (unpaired) electrons. The van der Waals surface area contributed by atoms with Crippen LogP contribution >= 0.6 is 0 Å². The van der Waals surface area contributed by atoms with E-state index in [1.165, 1.54) is 0 Å². The zero-order valence-electron chi connectivity index (χ0n) is 12.6. The van der Waals surface area contributed by atoms with Crippen LogP contribution in [-0.2, 0) is 17.9 Å². The molecule has 1 aliphatic heterocycles. The van der Waals surface area contributed by atoms with E-state index in [0.717, 1.165) is 37.8 Å². The molecule has 3 amide bonds. The summed E-state index contributed by atoms with van der Waals surface area (Å²) >= 11 is 0. The molecule has 1 spiro atoms. The fourth-order valence-electron chi connectivity index (χ4n) is 3.40. The van der Waals surface area contributed by atoms with Crippen LogP contribution in [0.5, 0.6) is 0 Å². The largest absolute Gasteiger partial charge is 0.325 e. The first-order valence-electron chi connectivity index (χ1n) is 7.69. The number of amides is 3. The molecule has 0 aromatic carbocycles. The van der Waals surface area contributed by atoms with Crippen molar-refractivity contribution < 1.29 is 9.59 Å². The normalized spacial score (nSPS) is 29.2. The number of nitrogens with zero attached hydrogens (tertiary/aromatic N) is 3. The first-order chi connectivity index (χ1) is 10.0. The van der Waals surface area contributed by atoms with Crippen LogP contribution in [0.1, 0.15) is 45.1 Å². The van der Waals surface area contributed by atoms with Crippen LogP contribution in [0.4, 0.5) is 4.79 Å². The Labute approximate surface area is 124 Å². The van der Waals surface area contributed by atoms with Gasteiger partial charge in [-0.25, -0.2) is 4.79 Å². The standard InChI is InChI=1S/C15H22N4O2/c1-3-18-9-12(8-16-18)10-19-14(21)17-13(20)15(19)6-4-11(2)5-7-15/h8-9,11H,3-7,10H2,1-2H3,(H,17,20,21). The Kier molecular flexibility index (Phi) is 3.47. The van der Waals surface area contributed by atoms with Crippen LogP contribution in [0.25, 0.3) is 0 Å². The number of urea groups is 1. The molecular formula is C15H22N4O2. The summed E-state index contributed by atoms with van der Waals surface area (Å²) in [5, 5.41) is 6.74. The molecule has 2 heterocycles. The van der Waals surface area contributed by atoms with Gasteiger partial charge in [-0.2, -0.15) is 5.10 Å². The van der Waals surface area contributed by atoms with Gasteiger partial charge in [0.05, 0.1) is 12.7 Å². The van der Waals surface area contributed by atoms with E-state index in [2.05, 4.69) is 17.3 Å². The molecule has 1 aliphatic carbocycles. The van der Waals surface area contributed by atoms with Crippen molar-refractivity contribution in [2.24, 2.45) is 5.92 Å². The maximum absolute atomic E-state index is 12.3. The van der Waals surface area contributed by atoms with E-state index >= 15 is 0 Å². The Bertz CT molecular complexity index is 558. The van der Waals surface area contributed by atoms with E-state index in [1.54, 1.807) is 11.1 Å². The summed E-state index contributed by atoms with van der Waals surface area (Å²) in [4.78, 5) is 26.2. The molecule has 1 saturated carbocycles. The Morgan fingerprint density at radius 3 is 2.71 bits per heavy atom. The molecule has 2 aliphatic rings. The molecule has 1 N–H and O–H groups in total. The summed E-state index contributed by atoms with van der Waals surface area (Å²) in [6.45, 7) is 5.48. The number of aryl methyl sites for hydroxylation is 1. The smallest absolute Gasteiger partial charge is 0.305 e. The minimum atomic E-state index is -0.641. The first-order valence-corrected chi connectivity index (χ1v) is 7.69. The molecule has 6 heteroatoms. The van der Waals surface area contributed by atoms with Gasteiger partial charge >= 0.3 is 6.03 Å². The number of imide groups is 1. The van der Waals surface area contributed by atoms with Gasteiger partial charge in [-0.1, -0.05) is 6.92 Å². The molecule has 0 unspecified atom stereocenters. The van der Waals surface area contributed by atoms with E-state index in [9.17, 15) is 9.59 Å². The van der Waals surface area contributed by atoms with Gasteiger partial charge in [0.15, 0.2) is 0 Å². The topological polar surface area (TPSA) is 67.2 Å². The molecule has 0 atom stereocenters. The second-order valence-corrected chi connectivity index (χ2v) is 6.26. The lowest BCUT2D eigenvalue weighted by atomic mass is 9.76. The van der Waals surface area contributed by atoms with E-state index < -0.39 is 5.54 Å². The van der Waals surface area contributed by atoms with Gasteiger partial charge in [0, 0.05) is 18.3 Å². The maximum atomic E-state index is 12.3. The van der Waals surface area contributed by atoms with E-state index in [-0.39, 0.29) is 11.9 Å². The lowest BCUT2D eigenvalue weighted by Crippen LogP contribution is -2.51. The predicted octanol–water partition coefficient (Wildman–Crippen LogP) is 1.90. The summed E-state index contributed by atoms with van der Waals surface area (Å²) in [5.41, 5.74) is 0.331. The molecule has 3 rings (SSSR count). The van der Waals surface area contributed by atoms with Gasteiger partial charge in [0.1, 0.15) is 5.54 Å². The number of carbonyl (C=O) groups excluding carboxylic acids is 2. The van der Waals surface area contributed by atoms with Crippen LogP contribution in [0.2, 0.25) is 0 Å². The van der Waals surface area contributed by atoms with Crippen LogP contribution < -0.4 is 5.32 Å². The highest BCUT2D eigenvalue weighted by atomic mass is 16.2. The van der Waals surface area contributed by atoms with Crippen LogP contribution in [-0.4, -0.2) is 32.2 Å². The van der Waals surface area contributed by atoms with Crippen molar-refractivity contribution in [1.82, 2.24) is 20.0 Å². The highest BCUT2D eigenvalue weighted by Gasteiger charge is 2.53. The fraction of sp³-hybridized carbons (Fsp3) is 0.667. The molecule has 1 saturated heterocycles. The second kappa shape index (κ2) is 5.16. The minimum absolute atomic E-state index is 0.123. The Morgan fingerprint density at radius 1 is 1.38 bits per heavy atom. The number of nitrogens with one attached hydrogen (secondary N) is 1. The number of rotatable bonds is 3. The summed E-state index contributed by atoms with van der Waals surface area (Å²) in [6, 6.07) is -0.265. The molecule has 1 aromatic heterocycles. The van der Waals surface area contributed by atoms with Gasteiger partial charge in [-0.15, -0.1) is 0 Å². The van der Waals surface area contributed by atoms with Gasteiger partial charge in [-0.05, 0) is 38.5 Å². The van der Waals surface area contributed by atoms with Gasteiger partial charge in [0.25, 0.3) is 5.91 Å². The van der Waals surface area contributed by atoms with E-state index in [1.807, 2.05) is 17.8 Å². The Balaban J connectivity index is 1.84. The molecule has 1 aromatic rings. The molecule has 2 fully saturated rings. The maximum Gasteiger partial charge on any atom is 0.325 e. The minimum Gasteiger partial charge on any atom is -0.305 e. The summed E-state index contributed by atoms with van der Waals surface area (Å²) < 4.78 is 1.83. The van der Waals surface area contributed by atoms with E-state index in [0.29, 0.717) is 12.5 Å². The fourth-order valence-corrected chi connectivity index (χ4v) is 3.40. The Morgan fingerprint density at radius 2 is 2.10 bits per heavy atom. The zero-order chi connectivity index (χ0) is 15.0. The van der Waals surface area contributed by atoms with Crippen molar-refractivity contribution in [2.45, 2.75) is 58.2 Å². The molecule has 114 valence electrons. The monoisotopic (exact) mass is 290 g/mol. The highest BCUT2D eigenvalue weighted by molar-refractivity contribution is 6.07. The lowest BCUT2D eigenvalue weighted by molar-refractivity contribution is -0.128. The van der Waals surface area contributed by atoms with Gasteiger partial charge in [0.2, 0.25) is 0 Å². The van der Waals surface area contributed by atoms with Crippen molar-refractivity contribution in [1.29, 1.82) is 0 Å². The average molecular weight is 290 g/mol. The second-order valence-electron chi connectivity index (χ2n) is 6.26. The van der Waals surface area contributed by atoms with Crippen molar-refractivity contribution >= 4 is 11.9 Å². The number of carbonyl (C=O) groups is 2. The Hall–Kier alpha value is -1.85. The molecular weight excluding hydrogens is 268 g/mol. The van der Waals surface area contributed by atoms with Crippen molar-refractivity contribution in [2.75, 3.05) is 0 Å². The van der Waals surface area contributed by atoms with E-state index in [4.69, 9.17) is 0 Å². The zero-order valence-corrected chi connectivity index (χ0v) is 12.6. The van der Waals surface area contributed by atoms with Crippen molar-refractivity contribution in [3.05, 3.63) is 18.0 Å². The summed E-state index contributed by atoms with van der Waals surface area (Å²) in [5.74, 6) is 0.506. The van der Waals surface area contributed by atoms with Crippen LogP contribution in [0.3, 0.4) is 0 Å². The van der Waals surface area contributed by atoms with Crippen LogP contribution in [0, 0.1) is 5.92 Å². The SMILES string of the molecule is CCn1cc(CN2C(=O)NC(=O)C23CCC(C)CC3)cn1. The summed E-state index contributed by atoms with van der Waals surface area (Å²) in [7, 11) is 0. The number of hydrogen-bond donors (Lipinski definition) is 1. The summed E-state index contributed by atoms with van der Waals surface area (Å²) in [6.07, 6.45) is 7.21. The predicted molar refractivity (Wildman–Crippen MR) is 77.3 cm³/mol. The molecule has 0 bridgehead atoms. The lowest BCUT2D eigenvalue weighted by Gasteiger charge is -2.39. The van der Waals surface area contributed by atoms with Crippen molar-refractivity contribution in [3.8, 4) is 0 Å².